The maximum absolute atomic E-state index is 5.65. The third kappa shape index (κ3) is 3.97. The molecule has 4 saturated heterocycles. The number of hydrogen-bond acceptors (Lipinski definition) is 4. The second-order valence-corrected chi connectivity index (χ2v) is 9.64. The van der Waals surface area contributed by atoms with E-state index in [4.69, 9.17) is 4.74 Å². The maximum atomic E-state index is 5.65. The Balaban J connectivity index is 1.54. The van der Waals surface area contributed by atoms with Gasteiger partial charge in [0, 0.05) is 37.4 Å². The van der Waals surface area contributed by atoms with Crippen LogP contribution in [0.15, 0.2) is 24.3 Å². The van der Waals surface area contributed by atoms with Crippen LogP contribution < -0.4 is 9.64 Å². The molecular formula is C23H37N3O. The summed E-state index contributed by atoms with van der Waals surface area (Å²) in [5.74, 6) is 1.75. The molecule has 2 atom stereocenters. The van der Waals surface area contributed by atoms with Gasteiger partial charge in [0.25, 0.3) is 0 Å². The van der Waals surface area contributed by atoms with Crippen molar-refractivity contribution in [3.63, 3.8) is 0 Å². The number of hydrogen-bond donors (Lipinski definition) is 0. The Morgan fingerprint density at radius 3 is 2.41 bits per heavy atom. The SMILES string of the molecule is CCOc1ccc(N2C[C@H]3CN(C4CCN(C)CC4)C[C@@H]2C(C)(C)C3)cc1. The molecule has 150 valence electrons. The Kier molecular flexibility index (Phi) is 5.39. The lowest BCUT2D eigenvalue weighted by molar-refractivity contribution is 0.115. The summed E-state index contributed by atoms with van der Waals surface area (Å²) in [6.45, 7) is 13.9. The molecule has 4 nitrogen and oxygen atoms in total. The molecule has 4 aliphatic rings. The molecule has 0 aliphatic carbocycles. The lowest BCUT2D eigenvalue weighted by Crippen LogP contribution is -2.54. The van der Waals surface area contributed by atoms with Crippen molar-refractivity contribution in [1.29, 1.82) is 0 Å². The van der Waals surface area contributed by atoms with Crippen LogP contribution in [0, 0.1) is 11.3 Å². The molecule has 0 radical (unpaired) electrons. The molecule has 2 bridgehead atoms. The second-order valence-electron chi connectivity index (χ2n) is 9.64. The van der Waals surface area contributed by atoms with Crippen LogP contribution in [0.25, 0.3) is 0 Å². The van der Waals surface area contributed by atoms with E-state index >= 15 is 0 Å². The Morgan fingerprint density at radius 2 is 1.74 bits per heavy atom. The Hall–Kier alpha value is -1.26. The lowest BCUT2D eigenvalue weighted by Gasteiger charge is -2.48. The first-order valence-electron chi connectivity index (χ1n) is 10.9. The van der Waals surface area contributed by atoms with Crippen LogP contribution in [0.4, 0.5) is 5.69 Å². The fourth-order valence-electron chi connectivity index (χ4n) is 5.71. The monoisotopic (exact) mass is 371 g/mol. The van der Waals surface area contributed by atoms with Crippen LogP contribution >= 0.6 is 0 Å². The van der Waals surface area contributed by atoms with Gasteiger partial charge in [0.2, 0.25) is 0 Å². The van der Waals surface area contributed by atoms with E-state index < -0.39 is 0 Å². The number of fused-ring (bicyclic) bond motifs is 4. The molecule has 4 heteroatoms. The zero-order valence-corrected chi connectivity index (χ0v) is 17.7. The summed E-state index contributed by atoms with van der Waals surface area (Å²) < 4.78 is 5.65. The van der Waals surface area contributed by atoms with Gasteiger partial charge < -0.3 is 14.5 Å². The molecule has 4 heterocycles. The van der Waals surface area contributed by atoms with Crippen molar-refractivity contribution in [2.24, 2.45) is 11.3 Å². The Labute approximate surface area is 165 Å². The Morgan fingerprint density at radius 1 is 1.04 bits per heavy atom. The van der Waals surface area contributed by atoms with Crippen LogP contribution in [-0.2, 0) is 0 Å². The van der Waals surface area contributed by atoms with Gasteiger partial charge in [-0.15, -0.1) is 0 Å². The van der Waals surface area contributed by atoms with Crippen molar-refractivity contribution in [2.75, 3.05) is 51.3 Å². The van der Waals surface area contributed by atoms with E-state index in [2.05, 4.69) is 59.9 Å². The minimum absolute atomic E-state index is 0.363. The van der Waals surface area contributed by atoms with Gasteiger partial charge in [0.15, 0.2) is 0 Å². The highest BCUT2D eigenvalue weighted by atomic mass is 16.5. The van der Waals surface area contributed by atoms with Gasteiger partial charge in [-0.25, -0.2) is 0 Å². The van der Waals surface area contributed by atoms with E-state index in [1.807, 2.05) is 6.92 Å². The molecule has 0 unspecified atom stereocenters. The van der Waals surface area contributed by atoms with Crippen LogP contribution in [0.5, 0.6) is 5.75 Å². The van der Waals surface area contributed by atoms with Gasteiger partial charge in [-0.2, -0.15) is 0 Å². The van der Waals surface area contributed by atoms with E-state index in [1.165, 1.54) is 57.7 Å². The predicted octanol–water partition coefficient (Wildman–Crippen LogP) is 3.72. The van der Waals surface area contributed by atoms with Crippen molar-refractivity contribution in [1.82, 2.24) is 9.80 Å². The molecule has 27 heavy (non-hydrogen) atoms. The largest absolute Gasteiger partial charge is 0.494 e. The zero-order valence-electron chi connectivity index (χ0n) is 17.7. The standard InChI is InChI=1S/C23H37N3O/c1-5-27-21-8-6-20(7-9-21)26-16-18-14-23(2,3)22(26)17-25(15-18)19-10-12-24(4)13-11-19/h6-9,18-19,22H,5,10-17H2,1-4H3/t18-,22-/m1/s1. The normalized spacial score (nSPS) is 29.7. The predicted molar refractivity (Wildman–Crippen MR) is 113 cm³/mol. The summed E-state index contributed by atoms with van der Waals surface area (Å²) in [5.41, 5.74) is 1.73. The molecule has 1 aromatic carbocycles. The molecule has 5 rings (SSSR count). The van der Waals surface area contributed by atoms with Gasteiger partial charge in [-0.05, 0) is 81.9 Å². The summed E-state index contributed by atoms with van der Waals surface area (Å²) in [6, 6.07) is 10.2. The molecule has 0 amide bonds. The summed E-state index contributed by atoms with van der Waals surface area (Å²) >= 11 is 0. The van der Waals surface area contributed by atoms with E-state index in [0.29, 0.717) is 11.5 Å². The summed E-state index contributed by atoms with van der Waals surface area (Å²) in [4.78, 5) is 8.05. The van der Waals surface area contributed by atoms with E-state index in [9.17, 15) is 0 Å². The van der Waals surface area contributed by atoms with Crippen molar-refractivity contribution < 1.29 is 4.74 Å². The molecule has 0 aromatic heterocycles. The van der Waals surface area contributed by atoms with Gasteiger partial charge in [0.05, 0.1) is 6.61 Å². The zero-order chi connectivity index (χ0) is 19.0. The smallest absolute Gasteiger partial charge is 0.119 e. The molecule has 0 spiro atoms. The molecular weight excluding hydrogens is 334 g/mol. The van der Waals surface area contributed by atoms with Crippen LogP contribution in [0.1, 0.15) is 40.0 Å². The van der Waals surface area contributed by atoms with Crippen LogP contribution in [-0.4, -0.2) is 68.3 Å². The van der Waals surface area contributed by atoms with E-state index in [1.54, 1.807) is 0 Å². The highest BCUT2D eigenvalue weighted by Gasteiger charge is 2.46. The van der Waals surface area contributed by atoms with Crippen molar-refractivity contribution in [2.45, 2.75) is 52.1 Å². The van der Waals surface area contributed by atoms with Crippen molar-refractivity contribution in [3.05, 3.63) is 24.3 Å². The molecule has 0 N–H and O–H groups in total. The highest BCUT2D eigenvalue weighted by Crippen LogP contribution is 2.44. The first-order chi connectivity index (χ1) is 13.0. The summed E-state index contributed by atoms with van der Waals surface area (Å²) in [7, 11) is 2.26. The number of piperidine rings is 2. The number of rotatable bonds is 4. The second kappa shape index (κ2) is 7.63. The van der Waals surface area contributed by atoms with Gasteiger partial charge in [-0.3, -0.25) is 4.90 Å². The van der Waals surface area contributed by atoms with Crippen LogP contribution in [0.2, 0.25) is 0 Å². The molecule has 4 fully saturated rings. The van der Waals surface area contributed by atoms with Crippen LogP contribution in [0.3, 0.4) is 0 Å². The lowest BCUT2D eigenvalue weighted by atomic mass is 9.73. The fraction of sp³-hybridized carbons (Fsp3) is 0.739. The number of nitrogens with zero attached hydrogens (tertiary/aromatic N) is 3. The molecule has 0 saturated carbocycles. The Bertz CT molecular complexity index is 621. The first-order valence-corrected chi connectivity index (χ1v) is 10.9. The average Bonchev–Trinajstić information content (AvgIpc) is 2.90. The molecule has 1 aromatic rings. The van der Waals surface area contributed by atoms with Crippen molar-refractivity contribution >= 4 is 5.69 Å². The molecule has 4 aliphatic heterocycles. The average molecular weight is 372 g/mol. The number of ether oxygens (including phenoxy) is 1. The minimum Gasteiger partial charge on any atom is -0.494 e. The van der Waals surface area contributed by atoms with Gasteiger partial charge in [0.1, 0.15) is 5.75 Å². The first kappa shape index (κ1) is 19.1. The van der Waals surface area contributed by atoms with Gasteiger partial charge >= 0.3 is 0 Å². The van der Waals surface area contributed by atoms with E-state index in [-0.39, 0.29) is 0 Å². The van der Waals surface area contributed by atoms with Gasteiger partial charge in [-0.1, -0.05) is 13.8 Å². The third-order valence-electron chi connectivity index (χ3n) is 7.13. The number of benzene rings is 1. The van der Waals surface area contributed by atoms with E-state index in [0.717, 1.165) is 24.3 Å². The maximum Gasteiger partial charge on any atom is 0.119 e. The highest BCUT2D eigenvalue weighted by molar-refractivity contribution is 5.51. The third-order valence-corrected chi connectivity index (χ3v) is 7.13. The number of likely N-dealkylation sites (tertiary alicyclic amines) is 1. The topological polar surface area (TPSA) is 19.0 Å². The summed E-state index contributed by atoms with van der Waals surface area (Å²) in [6.07, 6.45) is 4.02. The number of anilines is 1. The van der Waals surface area contributed by atoms with Crippen molar-refractivity contribution in [3.8, 4) is 5.75 Å². The fourth-order valence-corrected chi connectivity index (χ4v) is 5.71. The quantitative estimate of drug-likeness (QED) is 0.803. The summed E-state index contributed by atoms with van der Waals surface area (Å²) in [5, 5.41) is 0. The minimum atomic E-state index is 0.363.